The third kappa shape index (κ3) is 5.03. The van der Waals surface area contributed by atoms with Crippen LogP contribution in [0.4, 0.5) is 0 Å². The van der Waals surface area contributed by atoms with E-state index < -0.39 is 0 Å². The summed E-state index contributed by atoms with van der Waals surface area (Å²) >= 11 is 0. The second-order valence-corrected chi connectivity index (χ2v) is 4.33. The van der Waals surface area contributed by atoms with Gasteiger partial charge in [-0.25, -0.2) is 0 Å². The number of nitrogens with zero attached hydrogens (tertiary/aromatic N) is 2. The number of amides is 1. The lowest BCUT2D eigenvalue weighted by Crippen LogP contribution is -2.31. The summed E-state index contributed by atoms with van der Waals surface area (Å²) in [4.78, 5) is 11.4. The van der Waals surface area contributed by atoms with Crippen LogP contribution in [0.2, 0.25) is 0 Å². The fourth-order valence-corrected chi connectivity index (χ4v) is 1.84. The Hall–Kier alpha value is -1.85. The zero-order chi connectivity index (χ0) is 13.5. The van der Waals surface area contributed by atoms with Gasteiger partial charge in [-0.05, 0) is 24.2 Å². The molecule has 108 valence electrons. The molecule has 0 fully saturated rings. The number of carbonyl (C=O) groups is 1. The van der Waals surface area contributed by atoms with E-state index in [-0.39, 0.29) is 18.3 Å². The number of halogens is 1. The first-order valence-corrected chi connectivity index (χ1v) is 6.24. The van der Waals surface area contributed by atoms with Crippen molar-refractivity contribution in [3.63, 3.8) is 0 Å². The molecule has 1 aromatic carbocycles. The van der Waals surface area contributed by atoms with Crippen molar-refractivity contribution in [2.75, 3.05) is 13.6 Å². The number of hydrogen-bond acceptors (Lipinski definition) is 3. The molecule has 0 bridgehead atoms. The molecule has 1 amide bonds. The molecule has 1 heterocycles. The van der Waals surface area contributed by atoms with Crippen LogP contribution in [0.1, 0.15) is 11.1 Å². The van der Waals surface area contributed by atoms with Crippen molar-refractivity contribution in [2.24, 2.45) is 0 Å². The molecule has 0 saturated carbocycles. The summed E-state index contributed by atoms with van der Waals surface area (Å²) in [6.45, 7) is 1.63. The highest BCUT2D eigenvalue weighted by atomic mass is 35.5. The Morgan fingerprint density at radius 2 is 2.10 bits per heavy atom. The van der Waals surface area contributed by atoms with Gasteiger partial charge in [0.25, 0.3) is 0 Å². The minimum Gasteiger partial charge on any atom is -0.351 e. The van der Waals surface area contributed by atoms with Crippen LogP contribution >= 0.6 is 12.4 Å². The first-order valence-electron chi connectivity index (χ1n) is 6.24. The fraction of sp³-hybridized carbons (Fsp3) is 0.286. The summed E-state index contributed by atoms with van der Waals surface area (Å²) in [6, 6.07) is 10.0. The van der Waals surface area contributed by atoms with Gasteiger partial charge in [0.1, 0.15) is 0 Å². The fourth-order valence-electron chi connectivity index (χ4n) is 1.84. The Morgan fingerprint density at radius 3 is 2.80 bits per heavy atom. The second-order valence-electron chi connectivity index (χ2n) is 4.33. The lowest BCUT2D eigenvalue weighted by Gasteiger charge is -2.07. The Balaban J connectivity index is 0.00000200. The van der Waals surface area contributed by atoms with Gasteiger partial charge in [0.05, 0.1) is 13.1 Å². The molecular formula is C14H19ClN4O. The summed E-state index contributed by atoms with van der Waals surface area (Å²) in [6.07, 6.45) is 3.70. The summed E-state index contributed by atoms with van der Waals surface area (Å²) in [5.41, 5.74) is 2.26. The van der Waals surface area contributed by atoms with E-state index in [4.69, 9.17) is 0 Å². The lowest BCUT2D eigenvalue weighted by atomic mass is 10.1. The Bertz CT molecular complexity index is 528. The SMILES string of the molecule is CNCC(=O)NCc1cccc(Cn2cccn2)c1.Cl. The topological polar surface area (TPSA) is 59.0 Å². The van der Waals surface area contributed by atoms with Crippen molar-refractivity contribution < 1.29 is 4.79 Å². The molecule has 0 spiro atoms. The van der Waals surface area contributed by atoms with E-state index in [1.807, 2.05) is 29.1 Å². The Kier molecular flexibility index (Phi) is 6.76. The summed E-state index contributed by atoms with van der Waals surface area (Å²) in [7, 11) is 1.75. The average molecular weight is 295 g/mol. The minimum atomic E-state index is -0.0000192. The van der Waals surface area contributed by atoms with Gasteiger partial charge < -0.3 is 10.6 Å². The molecule has 20 heavy (non-hydrogen) atoms. The lowest BCUT2D eigenvalue weighted by molar-refractivity contribution is -0.120. The van der Waals surface area contributed by atoms with Gasteiger partial charge in [-0.2, -0.15) is 5.10 Å². The molecule has 0 aliphatic carbocycles. The smallest absolute Gasteiger partial charge is 0.234 e. The van der Waals surface area contributed by atoms with Crippen LogP contribution in [0, 0.1) is 0 Å². The number of aromatic nitrogens is 2. The van der Waals surface area contributed by atoms with Gasteiger partial charge in [0.15, 0.2) is 0 Å². The normalized spacial score (nSPS) is 9.85. The maximum atomic E-state index is 11.4. The van der Waals surface area contributed by atoms with Gasteiger partial charge in [0, 0.05) is 18.9 Å². The van der Waals surface area contributed by atoms with Crippen LogP contribution in [-0.2, 0) is 17.9 Å². The first kappa shape index (κ1) is 16.2. The molecule has 2 aromatic rings. The third-order valence-electron chi connectivity index (χ3n) is 2.72. The van der Waals surface area contributed by atoms with Crippen LogP contribution in [0.15, 0.2) is 42.7 Å². The summed E-state index contributed by atoms with van der Waals surface area (Å²) in [5.74, 6) is -0.0000192. The molecule has 6 heteroatoms. The second kappa shape index (κ2) is 8.35. The van der Waals surface area contributed by atoms with Crippen LogP contribution in [0.5, 0.6) is 0 Å². The summed E-state index contributed by atoms with van der Waals surface area (Å²) in [5, 5.41) is 9.86. The predicted octanol–water partition coefficient (Wildman–Crippen LogP) is 1.19. The van der Waals surface area contributed by atoms with Crippen molar-refractivity contribution >= 4 is 18.3 Å². The average Bonchev–Trinajstić information content (AvgIpc) is 2.90. The van der Waals surface area contributed by atoms with Crippen molar-refractivity contribution in [2.45, 2.75) is 13.1 Å². The minimum absolute atomic E-state index is 0. The van der Waals surface area contributed by atoms with Gasteiger partial charge in [0.2, 0.25) is 5.91 Å². The van der Waals surface area contributed by atoms with Crippen molar-refractivity contribution in [1.29, 1.82) is 0 Å². The molecule has 5 nitrogen and oxygen atoms in total. The first-order chi connectivity index (χ1) is 9.28. The van der Waals surface area contributed by atoms with E-state index in [1.54, 1.807) is 13.2 Å². The molecule has 2 N–H and O–H groups in total. The van der Waals surface area contributed by atoms with E-state index in [0.29, 0.717) is 13.1 Å². The number of rotatable bonds is 6. The zero-order valence-electron chi connectivity index (χ0n) is 11.4. The third-order valence-corrected chi connectivity index (χ3v) is 2.72. The monoisotopic (exact) mass is 294 g/mol. The number of nitrogens with one attached hydrogen (secondary N) is 2. The molecule has 0 aliphatic heterocycles. The van der Waals surface area contributed by atoms with E-state index in [1.165, 1.54) is 5.56 Å². The van der Waals surface area contributed by atoms with Crippen molar-refractivity contribution in [1.82, 2.24) is 20.4 Å². The predicted molar refractivity (Wildman–Crippen MR) is 80.8 cm³/mol. The van der Waals surface area contributed by atoms with Crippen LogP contribution in [0.3, 0.4) is 0 Å². The number of carbonyl (C=O) groups excluding carboxylic acids is 1. The standard InChI is InChI=1S/C14H18N4O.ClH/c1-15-10-14(19)16-9-12-4-2-5-13(8-12)11-18-7-3-6-17-18;/h2-8,15H,9-11H2,1H3,(H,16,19);1H. The molecule has 0 unspecified atom stereocenters. The van der Waals surface area contributed by atoms with Crippen LogP contribution in [0.25, 0.3) is 0 Å². The van der Waals surface area contributed by atoms with E-state index in [2.05, 4.69) is 27.9 Å². The molecule has 0 atom stereocenters. The number of hydrogen-bond donors (Lipinski definition) is 2. The maximum absolute atomic E-state index is 11.4. The molecule has 0 aliphatic rings. The van der Waals surface area contributed by atoms with E-state index >= 15 is 0 Å². The maximum Gasteiger partial charge on any atom is 0.234 e. The highest BCUT2D eigenvalue weighted by Gasteiger charge is 2.01. The van der Waals surface area contributed by atoms with Crippen LogP contribution in [-0.4, -0.2) is 29.3 Å². The van der Waals surface area contributed by atoms with Gasteiger partial charge in [-0.3, -0.25) is 9.48 Å². The summed E-state index contributed by atoms with van der Waals surface area (Å²) < 4.78 is 1.87. The zero-order valence-corrected chi connectivity index (χ0v) is 12.2. The quantitative estimate of drug-likeness (QED) is 0.841. The molecule has 0 saturated heterocycles. The van der Waals surface area contributed by atoms with Crippen molar-refractivity contribution in [3.8, 4) is 0 Å². The number of benzene rings is 1. The van der Waals surface area contributed by atoms with E-state index in [9.17, 15) is 4.79 Å². The molecule has 2 rings (SSSR count). The van der Waals surface area contributed by atoms with E-state index in [0.717, 1.165) is 12.1 Å². The van der Waals surface area contributed by atoms with Crippen molar-refractivity contribution in [3.05, 3.63) is 53.9 Å². The van der Waals surface area contributed by atoms with Gasteiger partial charge >= 0.3 is 0 Å². The Morgan fingerprint density at radius 1 is 1.30 bits per heavy atom. The Labute approximate surface area is 124 Å². The largest absolute Gasteiger partial charge is 0.351 e. The molecule has 1 aromatic heterocycles. The highest BCUT2D eigenvalue weighted by Crippen LogP contribution is 2.06. The van der Waals surface area contributed by atoms with Gasteiger partial charge in [-0.15, -0.1) is 12.4 Å². The van der Waals surface area contributed by atoms with Crippen LogP contribution < -0.4 is 10.6 Å². The highest BCUT2D eigenvalue weighted by molar-refractivity contribution is 5.85. The van der Waals surface area contributed by atoms with Gasteiger partial charge in [-0.1, -0.05) is 24.3 Å². The molecular weight excluding hydrogens is 276 g/mol. The number of likely N-dealkylation sites (N-methyl/N-ethyl adjacent to an activating group) is 1. The molecule has 0 radical (unpaired) electrons.